The highest BCUT2D eigenvalue weighted by Crippen LogP contribution is 2.38. The predicted molar refractivity (Wildman–Crippen MR) is 95.1 cm³/mol. The van der Waals surface area contributed by atoms with Crippen molar-refractivity contribution in [3.8, 4) is 5.75 Å². The van der Waals surface area contributed by atoms with Gasteiger partial charge in [0.05, 0.1) is 12.0 Å². The van der Waals surface area contributed by atoms with Gasteiger partial charge in [-0.1, -0.05) is 12.1 Å². The van der Waals surface area contributed by atoms with Gasteiger partial charge in [-0.05, 0) is 56.0 Å². The monoisotopic (exact) mass is 340 g/mol. The fraction of sp³-hybridized carbons (Fsp3) is 0.316. The standard InChI is InChI=1S/C19H20N2O4/c1-13(14-7-8-14)20(15-9-11-16(25-2)12-10-15)19(22)17-5-3-4-6-18(17)21(23)24/h3-6,9-14H,7-8H2,1-2H3. The molecule has 0 saturated heterocycles. The third-order valence-corrected chi connectivity index (χ3v) is 4.61. The van der Waals surface area contributed by atoms with Gasteiger partial charge in [-0.3, -0.25) is 14.9 Å². The smallest absolute Gasteiger partial charge is 0.282 e. The quantitative estimate of drug-likeness (QED) is 0.587. The molecule has 0 N–H and O–H groups in total. The van der Waals surface area contributed by atoms with Gasteiger partial charge in [-0.15, -0.1) is 0 Å². The SMILES string of the molecule is COc1ccc(N(C(=O)c2ccccc2[N+](=O)[O-])C(C)C2CC2)cc1. The fourth-order valence-corrected chi connectivity index (χ4v) is 3.01. The van der Waals surface area contributed by atoms with E-state index in [1.807, 2.05) is 19.1 Å². The van der Waals surface area contributed by atoms with Crippen molar-refractivity contribution in [3.05, 3.63) is 64.2 Å². The zero-order valence-electron chi connectivity index (χ0n) is 14.2. The first-order valence-corrected chi connectivity index (χ1v) is 8.24. The van der Waals surface area contributed by atoms with Crippen LogP contribution in [0.1, 0.15) is 30.1 Å². The van der Waals surface area contributed by atoms with Crippen molar-refractivity contribution in [1.82, 2.24) is 0 Å². The number of nitrogens with zero attached hydrogens (tertiary/aromatic N) is 2. The maximum atomic E-state index is 13.2. The van der Waals surface area contributed by atoms with Crippen LogP contribution in [-0.4, -0.2) is 24.0 Å². The first kappa shape index (κ1) is 17.0. The zero-order valence-corrected chi connectivity index (χ0v) is 14.2. The third kappa shape index (κ3) is 3.47. The molecule has 130 valence electrons. The molecule has 1 aliphatic rings. The Morgan fingerprint density at radius 2 is 1.84 bits per heavy atom. The van der Waals surface area contributed by atoms with E-state index in [9.17, 15) is 14.9 Å². The molecule has 0 radical (unpaired) electrons. The Hall–Kier alpha value is -2.89. The minimum atomic E-state index is -0.513. The van der Waals surface area contributed by atoms with Crippen molar-refractivity contribution in [2.75, 3.05) is 12.0 Å². The summed E-state index contributed by atoms with van der Waals surface area (Å²) in [5, 5.41) is 11.3. The lowest BCUT2D eigenvalue weighted by atomic mass is 10.1. The summed E-state index contributed by atoms with van der Waals surface area (Å²) in [6, 6.07) is 13.3. The zero-order chi connectivity index (χ0) is 18.0. The van der Waals surface area contributed by atoms with Crippen LogP contribution in [0.5, 0.6) is 5.75 Å². The van der Waals surface area contributed by atoms with E-state index in [0.29, 0.717) is 17.4 Å². The minimum absolute atomic E-state index is 0.0271. The lowest BCUT2D eigenvalue weighted by molar-refractivity contribution is -0.385. The number of rotatable bonds is 6. The van der Waals surface area contributed by atoms with Gasteiger partial charge in [-0.2, -0.15) is 0 Å². The second-order valence-corrected chi connectivity index (χ2v) is 6.23. The molecule has 3 rings (SSSR count). The largest absolute Gasteiger partial charge is 0.497 e. The van der Waals surface area contributed by atoms with Crippen LogP contribution < -0.4 is 9.64 Å². The van der Waals surface area contributed by atoms with Gasteiger partial charge < -0.3 is 9.64 Å². The molecule has 1 atom stereocenters. The van der Waals surface area contributed by atoms with E-state index in [-0.39, 0.29) is 23.2 Å². The first-order chi connectivity index (χ1) is 12.0. The highest BCUT2D eigenvalue weighted by atomic mass is 16.6. The van der Waals surface area contributed by atoms with Crippen molar-refractivity contribution in [2.24, 2.45) is 5.92 Å². The molecular weight excluding hydrogens is 320 g/mol. The summed E-state index contributed by atoms with van der Waals surface area (Å²) in [5.41, 5.74) is 0.646. The van der Waals surface area contributed by atoms with Gasteiger partial charge in [0.1, 0.15) is 11.3 Å². The summed E-state index contributed by atoms with van der Waals surface area (Å²) in [6.07, 6.45) is 2.13. The van der Waals surface area contributed by atoms with Crippen LogP contribution in [0.3, 0.4) is 0 Å². The molecule has 6 heteroatoms. The van der Waals surface area contributed by atoms with Crippen molar-refractivity contribution in [3.63, 3.8) is 0 Å². The van der Waals surface area contributed by atoms with Crippen LogP contribution in [0, 0.1) is 16.0 Å². The molecule has 1 amide bonds. The molecule has 0 aliphatic heterocycles. The maximum absolute atomic E-state index is 13.2. The minimum Gasteiger partial charge on any atom is -0.497 e. The van der Waals surface area contributed by atoms with Gasteiger partial charge in [-0.25, -0.2) is 0 Å². The number of carbonyl (C=O) groups is 1. The average molecular weight is 340 g/mol. The third-order valence-electron chi connectivity index (χ3n) is 4.61. The molecule has 25 heavy (non-hydrogen) atoms. The molecule has 2 aromatic carbocycles. The van der Waals surface area contributed by atoms with Crippen molar-refractivity contribution >= 4 is 17.3 Å². The van der Waals surface area contributed by atoms with Crippen LogP contribution in [0.15, 0.2) is 48.5 Å². The highest BCUT2D eigenvalue weighted by molar-refractivity contribution is 6.09. The van der Waals surface area contributed by atoms with Crippen molar-refractivity contribution in [1.29, 1.82) is 0 Å². The molecule has 0 bridgehead atoms. The Morgan fingerprint density at radius 3 is 2.40 bits per heavy atom. The van der Waals surface area contributed by atoms with E-state index in [4.69, 9.17) is 4.74 Å². The number of methoxy groups -OCH3 is 1. The summed E-state index contributed by atoms with van der Waals surface area (Å²) in [5.74, 6) is 0.770. The number of anilines is 1. The van der Waals surface area contributed by atoms with E-state index >= 15 is 0 Å². The number of nitro groups is 1. The van der Waals surface area contributed by atoms with Gasteiger partial charge in [0.25, 0.3) is 11.6 Å². The molecule has 0 aromatic heterocycles. The summed E-state index contributed by atoms with van der Waals surface area (Å²) >= 11 is 0. The van der Waals surface area contributed by atoms with E-state index in [1.54, 1.807) is 36.3 Å². The first-order valence-electron chi connectivity index (χ1n) is 8.24. The van der Waals surface area contributed by atoms with Gasteiger partial charge in [0, 0.05) is 17.8 Å². The predicted octanol–water partition coefficient (Wildman–Crippen LogP) is 4.05. The van der Waals surface area contributed by atoms with Crippen molar-refractivity contribution < 1.29 is 14.5 Å². The Kier molecular flexibility index (Phi) is 4.70. The maximum Gasteiger partial charge on any atom is 0.282 e. The van der Waals surface area contributed by atoms with E-state index in [0.717, 1.165) is 12.8 Å². The van der Waals surface area contributed by atoms with E-state index < -0.39 is 4.92 Å². The van der Waals surface area contributed by atoms with E-state index in [2.05, 4.69) is 0 Å². The summed E-state index contributed by atoms with van der Waals surface area (Å²) < 4.78 is 5.17. The van der Waals surface area contributed by atoms with Gasteiger partial charge in [0.15, 0.2) is 0 Å². The number of hydrogen-bond donors (Lipinski definition) is 0. The molecule has 2 aromatic rings. The number of carbonyl (C=O) groups excluding carboxylic acids is 1. The Morgan fingerprint density at radius 1 is 1.20 bits per heavy atom. The van der Waals surface area contributed by atoms with Crippen LogP contribution >= 0.6 is 0 Å². The summed E-state index contributed by atoms with van der Waals surface area (Å²) in [7, 11) is 1.58. The van der Waals surface area contributed by atoms with Gasteiger partial charge >= 0.3 is 0 Å². The van der Waals surface area contributed by atoms with E-state index in [1.165, 1.54) is 12.1 Å². The lowest BCUT2D eigenvalue weighted by Gasteiger charge is -2.29. The Bertz CT molecular complexity index is 784. The number of amides is 1. The van der Waals surface area contributed by atoms with Crippen molar-refractivity contribution in [2.45, 2.75) is 25.8 Å². The molecule has 1 saturated carbocycles. The molecule has 1 fully saturated rings. The molecule has 6 nitrogen and oxygen atoms in total. The fourth-order valence-electron chi connectivity index (χ4n) is 3.01. The number of ether oxygens (including phenoxy) is 1. The number of hydrogen-bond acceptors (Lipinski definition) is 4. The van der Waals surface area contributed by atoms with Crippen LogP contribution in [0.2, 0.25) is 0 Å². The van der Waals surface area contributed by atoms with Crippen LogP contribution in [0.25, 0.3) is 0 Å². The second kappa shape index (κ2) is 6.93. The normalized spacial score (nSPS) is 14.6. The second-order valence-electron chi connectivity index (χ2n) is 6.23. The highest BCUT2D eigenvalue weighted by Gasteiger charge is 2.37. The average Bonchev–Trinajstić information content (AvgIpc) is 3.47. The van der Waals surface area contributed by atoms with Crippen LogP contribution in [0.4, 0.5) is 11.4 Å². The molecule has 0 heterocycles. The summed E-state index contributed by atoms with van der Waals surface area (Å²) in [6.45, 7) is 1.99. The van der Waals surface area contributed by atoms with Gasteiger partial charge in [0.2, 0.25) is 0 Å². The number of nitro benzene ring substituents is 1. The molecular formula is C19H20N2O4. The number of benzene rings is 2. The van der Waals surface area contributed by atoms with Crippen LogP contribution in [-0.2, 0) is 0 Å². The Balaban J connectivity index is 2.02. The topological polar surface area (TPSA) is 72.7 Å². The Labute approximate surface area is 146 Å². The molecule has 1 aliphatic carbocycles. The number of para-hydroxylation sites is 1. The molecule has 1 unspecified atom stereocenters. The summed E-state index contributed by atoms with van der Waals surface area (Å²) in [4.78, 5) is 25.6. The molecule has 0 spiro atoms. The lowest BCUT2D eigenvalue weighted by Crippen LogP contribution is -2.40.